The first-order valence-corrected chi connectivity index (χ1v) is 10.1. The van der Waals surface area contributed by atoms with E-state index in [4.69, 9.17) is 10.7 Å². The molecule has 0 radical (unpaired) electrons. The summed E-state index contributed by atoms with van der Waals surface area (Å²) >= 11 is 0. The van der Waals surface area contributed by atoms with Crippen LogP contribution in [0.3, 0.4) is 0 Å². The number of aromatic nitrogens is 2. The van der Waals surface area contributed by atoms with E-state index in [1.807, 2.05) is 18.3 Å². The molecular formula is C23H30N4. The van der Waals surface area contributed by atoms with Crippen LogP contribution in [-0.2, 0) is 13.0 Å². The first kappa shape index (κ1) is 18.1. The van der Waals surface area contributed by atoms with Gasteiger partial charge < -0.3 is 10.1 Å². The predicted octanol–water partition coefficient (Wildman–Crippen LogP) is 4.62. The van der Waals surface area contributed by atoms with E-state index >= 15 is 0 Å². The van der Waals surface area contributed by atoms with Crippen LogP contribution in [0.15, 0.2) is 42.6 Å². The van der Waals surface area contributed by atoms with Crippen LogP contribution in [0.5, 0.6) is 0 Å². The van der Waals surface area contributed by atoms with Crippen molar-refractivity contribution in [1.82, 2.24) is 14.3 Å². The molecule has 0 spiro atoms. The van der Waals surface area contributed by atoms with Crippen molar-refractivity contribution in [2.45, 2.75) is 40.2 Å². The lowest BCUT2D eigenvalue weighted by molar-refractivity contribution is 0.133. The number of rotatable bonds is 4. The Morgan fingerprint density at radius 3 is 2.41 bits per heavy atom. The number of hydrogen-bond donors (Lipinski definition) is 1. The summed E-state index contributed by atoms with van der Waals surface area (Å²) in [5.74, 6) is 1.48. The number of imidazole rings is 1. The second-order valence-corrected chi connectivity index (χ2v) is 8.29. The van der Waals surface area contributed by atoms with E-state index in [0.29, 0.717) is 0 Å². The van der Waals surface area contributed by atoms with Crippen LogP contribution in [0.25, 0.3) is 16.9 Å². The molecule has 1 fully saturated rings. The van der Waals surface area contributed by atoms with Gasteiger partial charge in [-0.2, -0.15) is 0 Å². The number of fused-ring (bicyclic) bond motifs is 1. The molecule has 0 saturated carbocycles. The van der Waals surface area contributed by atoms with E-state index in [1.54, 1.807) is 0 Å². The van der Waals surface area contributed by atoms with Crippen molar-refractivity contribution in [3.05, 3.63) is 53.9 Å². The number of nitrogens with zero attached hydrogens (tertiary/aromatic N) is 3. The molecule has 2 N–H and O–H groups in total. The maximum Gasteiger partial charge on any atom is 0.137 e. The standard InChI is InChI=1S/C23H30N4/c1-4-18-5-7-19(8-6-18)23-21(15-26-12-16(2)11-17(3)13-26)27-14-20(24)9-10-22(27)25-23/h5-10,14,16-17H,4,11-13,15,24H2,1-3H3. The van der Waals surface area contributed by atoms with E-state index in [9.17, 15) is 0 Å². The Morgan fingerprint density at radius 1 is 1.04 bits per heavy atom. The Bertz CT molecular complexity index is 915. The summed E-state index contributed by atoms with van der Waals surface area (Å²) in [6, 6.07) is 12.8. The predicted molar refractivity (Wildman–Crippen MR) is 113 cm³/mol. The molecule has 4 nitrogen and oxygen atoms in total. The van der Waals surface area contributed by atoms with Crippen LogP contribution in [0.2, 0.25) is 0 Å². The number of aryl methyl sites for hydroxylation is 1. The number of pyridine rings is 1. The molecule has 1 aliphatic rings. The number of benzene rings is 1. The number of piperidine rings is 1. The number of anilines is 1. The maximum absolute atomic E-state index is 6.09. The third-order valence-electron chi connectivity index (χ3n) is 5.69. The van der Waals surface area contributed by atoms with Gasteiger partial charge in [-0.25, -0.2) is 4.98 Å². The van der Waals surface area contributed by atoms with Crippen molar-refractivity contribution < 1.29 is 0 Å². The van der Waals surface area contributed by atoms with Crippen molar-refractivity contribution in [2.24, 2.45) is 11.8 Å². The van der Waals surface area contributed by atoms with Gasteiger partial charge in [0.25, 0.3) is 0 Å². The molecule has 0 aliphatic carbocycles. The van der Waals surface area contributed by atoms with Crippen LogP contribution >= 0.6 is 0 Å². The highest BCUT2D eigenvalue weighted by atomic mass is 15.2. The molecule has 142 valence electrons. The monoisotopic (exact) mass is 362 g/mol. The van der Waals surface area contributed by atoms with Gasteiger partial charge in [-0.3, -0.25) is 4.90 Å². The van der Waals surface area contributed by atoms with Crippen molar-refractivity contribution in [2.75, 3.05) is 18.8 Å². The van der Waals surface area contributed by atoms with E-state index in [-0.39, 0.29) is 0 Å². The Balaban J connectivity index is 1.77. The van der Waals surface area contributed by atoms with Crippen molar-refractivity contribution in [3.8, 4) is 11.3 Å². The minimum atomic E-state index is 0.741. The minimum Gasteiger partial charge on any atom is -0.398 e. The summed E-state index contributed by atoms with van der Waals surface area (Å²) in [6.07, 6.45) is 4.39. The zero-order valence-electron chi connectivity index (χ0n) is 16.7. The molecule has 1 saturated heterocycles. The third-order valence-corrected chi connectivity index (χ3v) is 5.69. The zero-order valence-corrected chi connectivity index (χ0v) is 16.7. The maximum atomic E-state index is 6.09. The van der Waals surface area contributed by atoms with Gasteiger partial charge in [-0.05, 0) is 42.4 Å². The molecule has 3 heterocycles. The molecule has 4 heteroatoms. The number of hydrogen-bond acceptors (Lipinski definition) is 3. The van der Waals surface area contributed by atoms with Gasteiger partial charge in [0.05, 0.1) is 11.4 Å². The van der Waals surface area contributed by atoms with Gasteiger partial charge in [0.2, 0.25) is 0 Å². The molecular weight excluding hydrogens is 332 g/mol. The number of nitrogens with two attached hydrogens (primary N) is 1. The third kappa shape index (κ3) is 3.72. The average molecular weight is 363 g/mol. The molecule has 3 aromatic rings. The van der Waals surface area contributed by atoms with Crippen molar-refractivity contribution >= 4 is 11.3 Å². The lowest BCUT2D eigenvalue weighted by Crippen LogP contribution is -2.38. The number of nitrogen functional groups attached to an aromatic ring is 1. The van der Waals surface area contributed by atoms with Gasteiger partial charge >= 0.3 is 0 Å². The molecule has 1 aliphatic heterocycles. The van der Waals surface area contributed by atoms with Gasteiger partial charge in [-0.15, -0.1) is 0 Å². The van der Waals surface area contributed by atoms with Crippen LogP contribution < -0.4 is 5.73 Å². The Kier molecular flexibility index (Phi) is 4.92. The summed E-state index contributed by atoms with van der Waals surface area (Å²) in [7, 11) is 0. The number of likely N-dealkylation sites (tertiary alicyclic amines) is 1. The highest BCUT2D eigenvalue weighted by molar-refractivity contribution is 5.67. The summed E-state index contributed by atoms with van der Waals surface area (Å²) in [6.45, 7) is 10.1. The zero-order chi connectivity index (χ0) is 19.0. The molecule has 1 aromatic carbocycles. The fraction of sp³-hybridized carbons (Fsp3) is 0.435. The molecule has 2 aromatic heterocycles. The van der Waals surface area contributed by atoms with Crippen molar-refractivity contribution in [1.29, 1.82) is 0 Å². The Hall–Kier alpha value is -2.33. The molecule has 2 unspecified atom stereocenters. The van der Waals surface area contributed by atoms with Crippen LogP contribution in [0, 0.1) is 11.8 Å². The quantitative estimate of drug-likeness (QED) is 0.736. The van der Waals surface area contributed by atoms with E-state index in [2.05, 4.69) is 54.3 Å². The van der Waals surface area contributed by atoms with Crippen molar-refractivity contribution in [3.63, 3.8) is 0 Å². The first-order valence-electron chi connectivity index (χ1n) is 10.1. The largest absolute Gasteiger partial charge is 0.398 e. The van der Waals surface area contributed by atoms with Crippen LogP contribution in [0.1, 0.15) is 38.4 Å². The lowest BCUT2D eigenvalue weighted by Gasteiger charge is -2.35. The van der Waals surface area contributed by atoms with Crippen LogP contribution in [-0.4, -0.2) is 27.4 Å². The average Bonchev–Trinajstić information content (AvgIpc) is 2.99. The van der Waals surface area contributed by atoms with E-state index in [0.717, 1.165) is 54.9 Å². The Morgan fingerprint density at radius 2 is 1.74 bits per heavy atom. The van der Waals surface area contributed by atoms with Gasteiger partial charge in [0, 0.05) is 37.1 Å². The van der Waals surface area contributed by atoms with E-state index < -0.39 is 0 Å². The second kappa shape index (κ2) is 7.35. The summed E-state index contributed by atoms with van der Waals surface area (Å²) in [5.41, 5.74) is 12.7. The van der Waals surface area contributed by atoms with Gasteiger partial charge in [0.15, 0.2) is 0 Å². The first-order chi connectivity index (χ1) is 13.0. The molecule has 0 amide bonds. The molecule has 4 rings (SSSR count). The lowest BCUT2D eigenvalue weighted by atomic mass is 9.92. The van der Waals surface area contributed by atoms with Gasteiger partial charge in [-0.1, -0.05) is 45.0 Å². The molecule has 2 atom stereocenters. The molecule has 27 heavy (non-hydrogen) atoms. The van der Waals surface area contributed by atoms with E-state index in [1.165, 1.54) is 23.2 Å². The SMILES string of the molecule is CCc1ccc(-c2nc3ccc(N)cn3c2CN2CC(C)CC(C)C2)cc1. The summed E-state index contributed by atoms with van der Waals surface area (Å²) in [5, 5.41) is 0. The Labute approximate surface area is 162 Å². The normalized spacial score (nSPS) is 21.0. The van der Waals surface area contributed by atoms with Gasteiger partial charge in [0.1, 0.15) is 5.65 Å². The fourth-order valence-corrected chi connectivity index (χ4v) is 4.52. The highest BCUT2D eigenvalue weighted by Crippen LogP contribution is 2.29. The summed E-state index contributed by atoms with van der Waals surface area (Å²) in [4.78, 5) is 7.54. The topological polar surface area (TPSA) is 46.6 Å². The minimum absolute atomic E-state index is 0.741. The second-order valence-electron chi connectivity index (χ2n) is 8.29. The van der Waals surface area contributed by atoms with Crippen LogP contribution in [0.4, 0.5) is 5.69 Å². The summed E-state index contributed by atoms with van der Waals surface area (Å²) < 4.78 is 2.18. The molecule has 0 bridgehead atoms. The smallest absolute Gasteiger partial charge is 0.137 e. The fourth-order valence-electron chi connectivity index (χ4n) is 4.52. The highest BCUT2D eigenvalue weighted by Gasteiger charge is 2.24.